The summed E-state index contributed by atoms with van der Waals surface area (Å²) < 4.78 is 41.7. The van der Waals surface area contributed by atoms with E-state index in [1.165, 1.54) is 0 Å². The standard InChI is InChI=1S/C22H36O8S/c1-5-20(4,13-19(2,3)17(23)29-6-7-31(26,27)28)18(24)30-22-11-15-8-16(12-22)10-21(25,9-15)14-22/h15-16,25H,5-14H2,1-4H3,(H,26,27,28). The van der Waals surface area contributed by atoms with E-state index in [4.69, 9.17) is 14.0 Å². The van der Waals surface area contributed by atoms with Gasteiger partial charge in [-0.15, -0.1) is 0 Å². The maximum atomic E-state index is 13.4. The summed E-state index contributed by atoms with van der Waals surface area (Å²) >= 11 is 0. The van der Waals surface area contributed by atoms with Gasteiger partial charge in [-0.05, 0) is 77.6 Å². The summed E-state index contributed by atoms with van der Waals surface area (Å²) in [5.41, 5.74) is -3.34. The van der Waals surface area contributed by atoms with E-state index in [9.17, 15) is 23.1 Å². The molecule has 8 nitrogen and oxygen atoms in total. The van der Waals surface area contributed by atoms with Crippen LogP contribution in [0.25, 0.3) is 0 Å². The molecule has 0 saturated heterocycles. The van der Waals surface area contributed by atoms with Crippen LogP contribution < -0.4 is 0 Å². The average molecular weight is 461 g/mol. The molecule has 3 atom stereocenters. The molecule has 2 N–H and O–H groups in total. The van der Waals surface area contributed by atoms with E-state index in [-0.39, 0.29) is 12.4 Å². The van der Waals surface area contributed by atoms with Crippen molar-refractivity contribution in [2.75, 3.05) is 12.4 Å². The fraction of sp³-hybridized carbons (Fsp3) is 0.909. The summed E-state index contributed by atoms with van der Waals surface area (Å²) in [5, 5.41) is 10.9. The average Bonchev–Trinajstić information content (AvgIpc) is 2.57. The topological polar surface area (TPSA) is 127 Å². The van der Waals surface area contributed by atoms with E-state index in [1.54, 1.807) is 20.8 Å². The van der Waals surface area contributed by atoms with Gasteiger partial charge in [0.15, 0.2) is 0 Å². The monoisotopic (exact) mass is 460 g/mol. The molecule has 0 spiro atoms. The Bertz CT molecular complexity index is 818. The Morgan fingerprint density at radius 3 is 2.13 bits per heavy atom. The second kappa shape index (κ2) is 7.99. The smallest absolute Gasteiger partial charge is 0.312 e. The third-order valence-corrected chi connectivity index (χ3v) is 8.20. The molecule has 178 valence electrons. The summed E-state index contributed by atoms with van der Waals surface area (Å²) in [4.78, 5) is 25.9. The van der Waals surface area contributed by atoms with Crippen LogP contribution in [0.5, 0.6) is 0 Å². The van der Waals surface area contributed by atoms with Gasteiger partial charge in [-0.25, -0.2) is 0 Å². The summed E-state index contributed by atoms with van der Waals surface area (Å²) in [6, 6.07) is 0. The highest BCUT2D eigenvalue weighted by Gasteiger charge is 2.60. The first-order valence-corrected chi connectivity index (χ1v) is 12.8. The predicted molar refractivity (Wildman–Crippen MR) is 113 cm³/mol. The van der Waals surface area contributed by atoms with Crippen LogP contribution in [0.4, 0.5) is 0 Å². The molecule has 0 aliphatic heterocycles. The third-order valence-electron chi connectivity index (χ3n) is 7.52. The normalized spacial score (nSPS) is 34.3. The van der Waals surface area contributed by atoms with Crippen molar-refractivity contribution < 1.29 is 37.1 Å². The second-order valence-corrected chi connectivity index (χ2v) is 12.7. The molecule has 3 unspecified atom stereocenters. The van der Waals surface area contributed by atoms with E-state index < -0.39 is 50.5 Å². The van der Waals surface area contributed by atoms with Crippen molar-refractivity contribution in [2.24, 2.45) is 22.7 Å². The van der Waals surface area contributed by atoms with Crippen LogP contribution in [-0.2, 0) is 29.2 Å². The lowest BCUT2D eigenvalue weighted by atomic mass is 9.52. The Morgan fingerprint density at radius 1 is 1.06 bits per heavy atom. The minimum absolute atomic E-state index is 0.174. The fourth-order valence-electron chi connectivity index (χ4n) is 6.39. The van der Waals surface area contributed by atoms with Crippen molar-refractivity contribution in [1.82, 2.24) is 0 Å². The Kier molecular flexibility index (Phi) is 6.30. The number of rotatable bonds is 9. The Morgan fingerprint density at radius 2 is 1.65 bits per heavy atom. The van der Waals surface area contributed by atoms with Crippen molar-refractivity contribution in [3.05, 3.63) is 0 Å². The minimum atomic E-state index is -4.22. The van der Waals surface area contributed by atoms with Gasteiger partial charge in [0, 0.05) is 6.42 Å². The lowest BCUT2D eigenvalue weighted by molar-refractivity contribution is -0.227. The SMILES string of the molecule is CCC(C)(CC(C)(C)C(=O)OCCS(=O)(=O)O)C(=O)OC12CC3CC(CC(O)(C3)C1)C2. The van der Waals surface area contributed by atoms with E-state index >= 15 is 0 Å². The maximum Gasteiger partial charge on any atom is 0.312 e. The van der Waals surface area contributed by atoms with Crippen molar-refractivity contribution in [1.29, 1.82) is 0 Å². The predicted octanol–water partition coefficient (Wildman–Crippen LogP) is 2.88. The molecule has 4 fully saturated rings. The molecule has 4 aliphatic rings. The van der Waals surface area contributed by atoms with Gasteiger partial charge in [-0.3, -0.25) is 14.1 Å². The largest absolute Gasteiger partial charge is 0.464 e. The quantitative estimate of drug-likeness (QED) is 0.397. The van der Waals surface area contributed by atoms with Crippen LogP contribution in [0, 0.1) is 22.7 Å². The Hall–Kier alpha value is -1.19. The molecule has 9 heteroatoms. The number of carbonyl (C=O) groups excluding carboxylic acids is 2. The molecule has 31 heavy (non-hydrogen) atoms. The molecule has 4 bridgehead atoms. The van der Waals surface area contributed by atoms with Crippen molar-refractivity contribution in [3.8, 4) is 0 Å². The molecule has 0 amide bonds. The van der Waals surface area contributed by atoms with Crippen molar-refractivity contribution >= 4 is 22.1 Å². The van der Waals surface area contributed by atoms with Crippen LogP contribution in [0.2, 0.25) is 0 Å². The third kappa shape index (κ3) is 5.42. The van der Waals surface area contributed by atoms with Crippen LogP contribution in [0.3, 0.4) is 0 Å². The van der Waals surface area contributed by atoms with Gasteiger partial charge in [0.1, 0.15) is 18.0 Å². The highest BCUT2D eigenvalue weighted by Crippen LogP contribution is 2.59. The second-order valence-electron chi connectivity index (χ2n) is 11.2. The van der Waals surface area contributed by atoms with Gasteiger partial charge in [-0.2, -0.15) is 8.42 Å². The number of aliphatic hydroxyl groups is 1. The molecular formula is C22H36O8S. The highest BCUT2D eigenvalue weighted by molar-refractivity contribution is 7.85. The zero-order valence-electron chi connectivity index (χ0n) is 19.0. The van der Waals surface area contributed by atoms with E-state index in [0.717, 1.165) is 32.1 Å². The van der Waals surface area contributed by atoms with E-state index in [0.29, 0.717) is 24.7 Å². The highest BCUT2D eigenvalue weighted by atomic mass is 32.2. The first kappa shape index (κ1) is 24.5. The molecule has 4 rings (SSSR count). The van der Waals surface area contributed by atoms with Crippen LogP contribution in [-0.4, -0.2) is 53.6 Å². The zero-order valence-corrected chi connectivity index (χ0v) is 19.8. The van der Waals surface area contributed by atoms with Crippen LogP contribution in [0.1, 0.15) is 79.1 Å². The Labute approximate surface area is 184 Å². The molecular weight excluding hydrogens is 424 g/mol. The molecule has 0 heterocycles. The zero-order chi connectivity index (χ0) is 23.3. The molecule has 0 radical (unpaired) electrons. The minimum Gasteiger partial charge on any atom is -0.464 e. The lowest BCUT2D eigenvalue weighted by Crippen LogP contribution is -2.61. The van der Waals surface area contributed by atoms with Gasteiger partial charge in [0.25, 0.3) is 10.1 Å². The molecule has 0 aromatic heterocycles. The molecule has 4 aliphatic carbocycles. The number of hydrogen-bond donors (Lipinski definition) is 2. The van der Waals surface area contributed by atoms with Gasteiger partial charge in [0.2, 0.25) is 0 Å². The number of carbonyl (C=O) groups is 2. The van der Waals surface area contributed by atoms with Crippen LogP contribution in [0.15, 0.2) is 0 Å². The summed E-state index contributed by atoms with van der Waals surface area (Å²) in [6.07, 6.45) is 5.37. The van der Waals surface area contributed by atoms with Gasteiger partial charge in [0.05, 0.1) is 16.4 Å². The van der Waals surface area contributed by atoms with E-state index in [1.807, 2.05) is 6.92 Å². The van der Waals surface area contributed by atoms with Gasteiger partial charge >= 0.3 is 11.9 Å². The first-order chi connectivity index (χ1) is 14.1. The number of hydrogen-bond acceptors (Lipinski definition) is 7. The fourth-order valence-corrected chi connectivity index (χ4v) is 6.69. The summed E-state index contributed by atoms with van der Waals surface area (Å²) in [6.45, 7) is 6.50. The first-order valence-electron chi connectivity index (χ1n) is 11.2. The van der Waals surface area contributed by atoms with E-state index in [2.05, 4.69) is 0 Å². The lowest BCUT2D eigenvalue weighted by Gasteiger charge is -2.59. The molecule has 0 aromatic carbocycles. The number of esters is 2. The van der Waals surface area contributed by atoms with Gasteiger partial charge < -0.3 is 14.6 Å². The Balaban J connectivity index is 1.66. The summed E-state index contributed by atoms with van der Waals surface area (Å²) in [5.74, 6) is -0.884. The number of ether oxygens (including phenoxy) is 2. The summed E-state index contributed by atoms with van der Waals surface area (Å²) in [7, 11) is -4.22. The van der Waals surface area contributed by atoms with Crippen molar-refractivity contribution in [2.45, 2.75) is 90.3 Å². The van der Waals surface area contributed by atoms with Crippen LogP contribution >= 0.6 is 0 Å². The molecule has 4 saturated carbocycles. The van der Waals surface area contributed by atoms with Gasteiger partial charge in [-0.1, -0.05) is 6.92 Å². The maximum absolute atomic E-state index is 13.4. The molecule has 0 aromatic rings. The van der Waals surface area contributed by atoms with Crippen molar-refractivity contribution in [3.63, 3.8) is 0 Å².